The summed E-state index contributed by atoms with van der Waals surface area (Å²) in [5.41, 5.74) is 4.68. The average Bonchev–Trinajstić information content (AvgIpc) is 2.32. The standard InChI is InChI=1S/C13H10Cl2N2O3/c1-6-4-10(18)17(13(20)11(6)12(16)19)9-5-7(14)2-3-8(9)15/h2-5,18H,1H3,(H2,16,19). The Morgan fingerprint density at radius 2 is 1.95 bits per heavy atom. The van der Waals surface area contributed by atoms with Crippen LogP contribution in [0.25, 0.3) is 5.69 Å². The fraction of sp³-hybridized carbons (Fsp3) is 0.0769. The van der Waals surface area contributed by atoms with Crippen molar-refractivity contribution in [2.24, 2.45) is 5.73 Å². The summed E-state index contributed by atoms with van der Waals surface area (Å²) in [4.78, 5) is 23.7. The van der Waals surface area contributed by atoms with Crippen molar-refractivity contribution in [1.82, 2.24) is 4.57 Å². The number of aromatic nitrogens is 1. The number of carbonyl (C=O) groups is 1. The molecule has 0 fully saturated rings. The van der Waals surface area contributed by atoms with Crippen LogP contribution in [-0.2, 0) is 0 Å². The van der Waals surface area contributed by atoms with Gasteiger partial charge < -0.3 is 10.8 Å². The molecule has 0 aliphatic rings. The van der Waals surface area contributed by atoms with Gasteiger partial charge in [-0.15, -0.1) is 0 Å². The molecule has 1 heterocycles. The van der Waals surface area contributed by atoms with E-state index < -0.39 is 11.5 Å². The maximum absolute atomic E-state index is 12.3. The summed E-state index contributed by atoms with van der Waals surface area (Å²) in [6.45, 7) is 1.51. The second-order valence-electron chi connectivity index (χ2n) is 4.16. The Hall–Kier alpha value is -1.98. The van der Waals surface area contributed by atoms with E-state index in [2.05, 4.69) is 0 Å². The van der Waals surface area contributed by atoms with Gasteiger partial charge in [-0.1, -0.05) is 23.2 Å². The molecular weight excluding hydrogens is 303 g/mol. The van der Waals surface area contributed by atoms with Crippen LogP contribution in [-0.4, -0.2) is 15.6 Å². The zero-order valence-corrected chi connectivity index (χ0v) is 11.9. The highest BCUT2D eigenvalue weighted by molar-refractivity contribution is 6.34. The van der Waals surface area contributed by atoms with Crippen molar-refractivity contribution in [2.45, 2.75) is 6.92 Å². The minimum Gasteiger partial charge on any atom is -0.494 e. The number of carbonyl (C=O) groups excluding carboxylic acids is 1. The molecule has 0 atom stereocenters. The van der Waals surface area contributed by atoms with E-state index in [1.165, 1.54) is 25.1 Å². The van der Waals surface area contributed by atoms with E-state index >= 15 is 0 Å². The molecule has 104 valence electrons. The van der Waals surface area contributed by atoms with Gasteiger partial charge in [-0.2, -0.15) is 0 Å². The van der Waals surface area contributed by atoms with E-state index in [-0.39, 0.29) is 27.7 Å². The zero-order chi connectivity index (χ0) is 15.0. The van der Waals surface area contributed by atoms with Crippen molar-refractivity contribution in [1.29, 1.82) is 0 Å². The molecule has 0 unspecified atom stereocenters. The van der Waals surface area contributed by atoms with Crippen LogP contribution in [0.1, 0.15) is 15.9 Å². The highest BCUT2D eigenvalue weighted by Crippen LogP contribution is 2.27. The summed E-state index contributed by atoms with van der Waals surface area (Å²) in [6.07, 6.45) is 0. The van der Waals surface area contributed by atoms with Crippen molar-refractivity contribution < 1.29 is 9.90 Å². The number of hydrogen-bond donors (Lipinski definition) is 2. The third kappa shape index (κ3) is 2.37. The van der Waals surface area contributed by atoms with Crippen molar-refractivity contribution >= 4 is 29.1 Å². The lowest BCUT2D eigenvalue weighted by molar-refractivity contribution is 0.0998. The Bertz CT molecular complexity index is 769. The second-order valence-corrected chi connectivity index (χ2v) is 5.00. The zero-order valence-electron chi connectivity index (χ0n) is 10.4. The molecule has 0 saturated carbocycles. The first kappa shape index (κ1) is 14.4. The van der Waals surface area contributed by atoms with Gasteiger partial charge in [0.25, 0.3) is 11.5 Å². The molecule has 0 spiro atoms. The van der Waals surface area contributed by atoms with Crippen LogP contribution in [0.3, 0.4) is 0 Å². The summed E-state index contributed by atoms with van der Waals surface area (Å²) in [5, 5.41) is 10.5. The topological polar surface area (TPSA) is 85.3 Å². The van der Waals surface area contributed by atoms with Crippen molar-refractivity contribution in [3.8, 4) is 11.6 Å². The molecular formula is C13H10Cl2N2O3. The predicted molar refractivity (Wildman–Crippen MR) is 77.0 cm³/mol. The fourth-order valence-corrected chi connectivity index (χ4v) is 2.27. The molecule has 0 aliphatic heterocycles. The normalized spacial score (nSPS) is 10.6. The number of pyridine rings is 1. The first-order valence-corrected chi connectivity index (χ1v) is 6.29. The first-order chi connectivity index (χ1) is 9.32. The molecule has 7 heteroatoms. The Balaban J connectivity index is 2.88. The smallest absolute Gasteiger partial charge is 0.271 e. The minimum atomic E-state index is -0.876. The number of benzene rings is 1. The number of primary amides is 1. The molecule has 2 aromatic rings. The molecule has 1 aromatic heterocycles. The van der Waals surface area contributed by atoms with Gasteiger partial charge in [0.15, 0.2) is 5.88 Å². The molecule has 0 radical (unpaired) electrons. The summed E-state index contributed by atoms with van der Waals surface area (Å²) in [5.74, 6) is -1.24. The molecule has 20 heavy (non-hydrogen) atoms. The van der Waals surface area contributed by atoms with Crippen molar-refractivity contribution in [2.75, 3.05) is 0 Å². The Morgan fingerprint density at radius 3 is 2.55 bits per heavy atom. The fourth-order valence-electron chi connectivity index (χ4n) is 1.90. The van der Waals surface area contributed by atoms with Crippen molar-refractivity contribution in [3.05, 3.63) is 55.8 Å². The second kappa shape index (κ2) is 5.19. The van der Waals surface area contributed by atoms with Gasteiger partial charge in [0.05, 0.1) is 10.7 Å². The lowest BCUT2D eigenvalue weighted by Gasteiger charge is -2.13. The van der Waals surface area contributed by atoms with Gasteiger partial charge in [0, 0.05) is 11.1 Å². The summed E-state index contributed by atoms with van der Waals surface area (Å²) in [6, 6.07) is 5.69. The van der Waals surface area contributed by atoms with Crippen LogP contribution in [0.4, 0.5) is 0 Å². The molecule has 3 N–H and O–H groups in total. The highest BCUT2D eigenvalue weighted by Gasteiger charge is 2.18. The number of aromatic hydroxyl groups is 1. The summed E-state index contributed by atoms with van der Waals surface area (Å²) < 4.78 is 0.890. The van der Waals surface area contributed by atoms with E-state index in [0.29, 0.717) is 5.02 Å². The molecule has 0 saturated heterocycles. The van der Waals surface area contributed by atoms with Gasteiger partial charge in [-0.05, 0) is 30.7 Å². The van der Waals surface area contributed by atoms with Gasteiger partial charge in [-0.25, -0.2) is 4.57 Å². The molecule has 5 nitrogen and oxygen atoms in total. The van der Waals surface area contributed by atoms with E-state index in [4.69, 9.17) is 28.9 Å². The summed E-state index contributed by atoms with van der Waals surface area (Å²) >= 11 is 11.9. The van der Waals surface area contributed by atoms with Crippen LogP contribution in [0, 0.1) is 6.92 Å². The van der Waals surface area contributed by atoms with E-state index in [0.717, 1.165) is 4.57 Å². The molecule has 0 aliphatic carbocycles. The third-order valence-electron chi connectivity index (χ3n) is 2.78. The lowest BCUT2D eigenvalue weighted by atomic mass is 10.1. The lowest BCUT2D eigenvalue weighted by Crippen LogP contribution is -2.30. The number of amides is 1. The largest absolute Gasteiger partial charge is 0.494 e. The van der Waals surface area contributed by atoms with Gasteiger partial charge >= 0.3 is 0 Å². The summed E-state index contributed by atoms with van der Waals surface area (Å²) in [7, 11) is 0. The molecule has 2 rings (SSSR count). The number of nitrogens with two attached hydrogens (primary N) is 1. The Labute approximate surface area is 124 Å². The highest BCUT2D eigenvalue weighted by atomic mass is 35.5. The van der Waals surface area contributed by atoms with Crippen LogP contribution in [0.5, 0.6) is 5.88 Å². The molecule has 0 bridgehead atoms. The van der Waals surface area contributed by atoms with Crippen LogP contribution < -0.4 is 11.3 Å². The Kier molecular flexibility index (Phi) is 3.74. The number of nitrogens with zero attached hydrogens (tertiary/aromatic N) is 1. The van der Waals surface area contributed by atoms with Gasteiger partial charge in [-0.3, -0.25) is 9.59 Å². The first-order valence-electron chi connectivity index (χ1n) is 5.53. The van der Waals surface area contributed by atoms with Gasteiger partial charge in [0.2, 0.25) is 0 Å². The monoisotopic (exact) mass is 312 g/mol. The minimum absolute atomic E-state index is 0.171. The van der Waals surface area contributed by atoms with Crippen LogP contribution >= 0.6 is 23.2 Å². The SMILES string of the molecule is Cc1cc(O)n(-c2cc(Cl)ccc2Cl)c(=O)c1C(N)=O. The van der Waals surface area contributed by atoms with E-state index in [1.54, 1.807) is 6.07 Å². The molecule has 1 aromatic carbocycles. The van der Waals surface area contributed by atoms with Crippen LogP contribution in [0.2, 0.25) is 10.0 Å². The average molecular weight is 313 g/mol. The van der Waals surface area contributed by atoms with Gasteiger partial charge in [0.1, 0.15) is 5.56 Å². The van der Waals surface area contributed by atoms with Crippen LogP contribution in [0.15, 0.2) is 29.1 Å². The maximum atomic E-state index is 12.3. The number of halogens is 2. The third-order valence-corrected chi connectivity index (χ3v) is 3.34. The van der Waals surface area contributed by atoms with E-state index in [9.17, 15) is 14.7 Å². The predicted octanol–water partition coefficient (Wildman–Crippen LogP) is 2.26. The maximum Gasteiger partial charge on any atom is 0.271 e. The number of aryl methyl sites for hydroxylation is 1. The quantitative estimate of drug-likeness (QED) is 0.892. The number of hydrogen-bond acceptors (Lipinski definition) is 3. The Morgan fingerprint density at radius 1 is 1.30 bits per heavy atom. The number of rotatable bonds is 2. The molecule has 1 amide bonds. The van der Waals surface area contributed by atoms with Crippen molar-refractivity contribution in [3.63, 3.8) is 0 Å². The van der Waals surface area contributed by atoms with E-state index in [1.807, 2.05) is 0 Å².